The molecule has 1 fully saturated rings. The smallest absolute Gasteiger partial charge is 0.208 e. The average Bonchev–Trinajstić information content (AvgIpc) is 3.41. The predicted octanol–water partition coefficient (Wildman–Crippen LogP) is 3.01. The molecule has 1 aromatic carbocycles. The zero-order valence-electron chi connectivity index (χ0n) is 16.2. The van der Waals surface area contributed by atoms with Gasteiger partial charge in [0.25, 0.3) is 0 Å². The molecule has 4 heterocycles. The van der Waals surface area contributed by atoms with Gasteiger partial charge in [-0.15, -0.1) is 9.78 Å². The van der Waals surface area contributed by atoms with Crippen LogP contribution in [-0.4, -0.2) is 32.4 Å². The summed E-state index contributed by atoms with van der Waals surface area (Å²) in [6.45, 7) is 1.16. The Labute approximate surface area is 173 Å². The normalized spacial score (nSPS) is 17.2. The van der Waals surface area contributed by atoms with Crippen LogP contribution < -0.4 is 9.80 Å². The van der Waals surface area contributed by atoms with Gasteiger partial charge in [0.1, 0.15) is 18.1 Å². The molecule has 0 unspecified atom stereocenters. The zero-order chi connectivity index (χ0) is 20.1. The second-order valence-corrected chi connectivity index (χ2v) is 7.64. The van der Waals surface area contributed by atoms with Crippen LogP contribution in [0.1, 0.15) is 35.8 Å². The summed E-state index contributed by atoms with van der Waals surface area (Å²) in [4.78, 5) is 13.7. The number of aliphatic imine (C=N–C) groups is 1. The molecular formula is C22H18N8. The summed E-state index contributed by atoms with van der Waals surface area (Å²) in [5.41, 5.74) is 6.54. The van der Waals surface area contributed by atoms with Crippen LogP contribution in [0.15, 0.2) is 65.6 Å². The van der Waals surface area contributed by atoms with E-state index in [4.69, 9.17) is 4.99 Å². The fourth-order valence-electron chi connectivity index (χ4n) is 4.13. The van der Waals surface area contributed by atoms with Crippen molar-refractivity contribution in [3.8, 4) is 6.19 Å². The van der Waals surface area contributed by atoms with Crippen molar-refractivity contribution < 1.29 is 0 Å². The quantitative estimate of drug-likeness (QED) is 0.676. The van der Waals surface area contributed by atoms with Crippen molar-refractivity contribution in [1.82, 2.24) is 20.0 Å². The lowest BCUT2D eigenvalue weighted by atomic mass is 10.1. The maximum Gasteiger partial charge on any atom is 0.208 e. The summed E-state index contributed by atoms with van der Waals surface area (Å²) in [5, 5.41) is 18.0. The van der Waals surface area contributed by atoms with Crippen molar-refractivity contribution in [2.45, 2.75) is 25.3 Å². The highest BCUT2D eigenvalue weighted by Crippen LogP contribution is 2.44. The highest BCUT2D eigenvalue weighted by molar-refractivity contribution is 6.17. The predicted molar refractivity (Wildman–Crippen MR) is 112 cm³/mol. The van der Waals surface area contributed by atoms with E-state index in [9.17, 15) is 5.26 Å². The summed E-state index contributed by atoms with van der Waals surface area (Å²) >= 11 is 0. The molecule has 8 heteroatoms. The molecule has 0 spiro atoms. The van der Waals surface area contributed by atoms with Crippen molar-refractivity contribution in [1.29, 1.82) is 5.26 Å². The molecule has 0 amide bonds. The Morgan fingerprint density at radius 1 is 1.07 bits per heavy atom. The summed E-state index contributed by atoms with van der Waals surface area (Å²) in [5.74, 6) is 0.375. The lowest BCUT2D eigenvalue weighted by Crippen LogP contribution is -2.32. The summed E-state index contributed by atoms with van der Waals surface area (Å²) in [6.07, 6.45) is 8.22. The first-order chi connectivity index (χ1) is 14.8. The number of nitrogens with zero attached hydrogens (tertiary/aromatic N) is 8. The van der Waals surface area contributed by atoms with E-state index in [0.717, 1.165) is 52.7 Å². The SMILES string of the molecule is N#Cn1nnc(C2CC2)c1C1=NCN2C1=CN(Cc1ccccn1)c1ccccc12. The van der Waals surface area contributed by atoms with Gasteiger partial charge in [-0.2, -0.15) is 5.26 Å². The number of rotatable bonds is 4. The molecule has 0 N–H and O–H groups in total. The van der Waals surface area contributed by atoms with Crippen molar-refractivity contribution in [2.75, 3.05) is 16.5 Å². The number of allylic oxidation sites excluding steroid dienone is 1. The first-order valence-corrected chi connectivity index (χ1v) is 9.99. The first kappa shape index (κ1) is 16.9. The molecule has 2 aliphatic heterocycles. The fraction of sp³-hybridized carbons (Fsp3) is 0.227. The van der Waals surface area contributed by atoms with Crippen LogP contribution in [0.25, 0.3) is 0 Å². The van der Waals surface area contributed by atoms with Crippen molar-refractivity contribution in [2.24, 2.45) is 4.99 Å². The van der Waals surface area contributed by atoms with E-state index in [0.29, 0.717) is 19.1 Å². The molecule has 6 rings (SSSR count). The summed E-state index contributed by atoms with van der Waals surface area (Å²) in [6, 6.07) is 14.2. The van der Waals surface area contributed by atoms with Crippen LogP contribution in [0.2, 0.25) is 0 Å². The van der Waals surface area contributed by atoms with Crippen LogP contribution in [0.5, 0.6) is 0 Å². The number of pyridine rings is 1. The molecule has 0 bridgehead atoms. The third-order valence-electron chi connectivity index (χ3n) is 5.70. The van der Waals surface area contributed by atoms with Gasteiger partial charge in [-0.25, -0.2) is 0 Å². The lowest BCUT2D eigenvalue weighted by Gasteiger charge is -2.34. The van der Waals surface area contributed by atoms with E-state index < -0.39 is 0 Å². The standard InChI is InChI=1S/C22H18N8/c23-13-30-22(20(26-27-30)15-8-9-15)21-19-12-28(11-16-5-3-4-10-24-16)17-6-1-2-7-18(17)29(19)14-25-21/h1-7,10,12,15H,8-9,11,14H2. The minimum atomic E-state index is 0.375. The van der Waals surface area contributed by atoms with Crippen LogP contribution in [0, 0.1) is 11.5 Å². The second-order valence-electron chi connectivity index (χ2n) is 7.64. The monoisotopic (exact) mass is 394 g/mol. The molecule has 3 aromatic rings. The van der Waals surface area contributed by atoms with E-state index in [2.05, 4.69) is 49.6 Å². The topological polar surface area (TPSA) is 86.2 Å². The Morgan fingerprint density at radius 2 is 1.90 bits per heavy atom. The number of anilines is 2. The Balaban J connectivity index is 1.46. The minimum Gasteiger partial charge on any atom is -0.338 e. The first-order valence-electron chi connectivity index (χ1n) is 9.99. The summed E-state index contributed by atoms with van der Waals surface area (Å²) < 4.78 is 1.31. The van der Waals surface area contributed by atoms with Gasteiger partial charge in [0.05, 0.1) is 35.0 Å². The zero-order valence-corrected chi connectivity index (χ0v) is 16.2. The Bertz CT molecular complexity index is 1230. The Morgan fingerprint density at radius 3 is 2.67 bits per heavy atom. The Kier molecular flexibility index (Phi) is 3.68. The maximum absolute atomic E-state index is 9.60. The van der Waals surface area contributed by atoms with Crippen LogP contribution >= 0.6 is 0 Å². The van der Waals surface area contributed by atoms with Crippen LogP contribution in [0.4, 0.5) is 11.4 Å². The van der Waals surface area contributed by atoms with Crippen molar-refractivity contribution in [3.05, 3.63) is 77.6 Å². The van der Waals surface area contributed by atoms with Gasteiger partial charge in [0, 0.05) is 18.3 Å². The van der Waals surface area contributed by atoms with Crippen molar-refractivity contribution >= 4 is 17.1 Å². The van der Waals surface area contributed by atoms with Crippen LogP contribution in [0.3, 0.4) is 0 Å². The molecule has 0 atom stereocenters. The molecule has 2 aromatic heterocycles. The molecule has 1 saturated carbocycles. The Hall–Kier alpha value is -3.99. The maximum atomic E-state index is 9.60. The number of fused-ring (bicyclic) bond motifs is 3. The van der Waals surface area contributed by atoms with Gasteiger partial charge < -0.3 is 9.80 Å². The number of benzene rings is 1. The molecule has 0 radical (unpaired) electrons. The summed E-state index contributed by atoms with van der Waals surface area (Å²) in [7, 11) is 0. The molecule has 1 aliphatic carbocycles. The average molecular weight is 394 g/mol. The fourth-order valence-corrected chi connectivity index (χ4v) is 4.13. The second kappa shape index (κ2) is 6.52. The minimum absolute atomic E-state index is 0.375. The molecule has 146 valence electrons. The highest BCUT2D eigenvalue weighted by Gasteiger charge is 2.38. The van der Waals surface area contributed by atoms with Gasteiger partial charge in [-0.1, -0.05) is 23.4 Å². The van der Waals surface area contributed by atoms with Gasteiger partial charge >= 0.3 is 0 Å². The number of nitriles is 1. The lowest BCUT2D eigenvalue weighted by molar-refractivity contribution is 0.805. The number of aromatic nitrogens is 4. The highest BCUT2D eigenvalue weighted by atomic mass is 15.4. The number of para-hydroxylation sites is 2. The molecular weight excluding hydrogens is 376 g/mol. The van der Waals surface area contributed by atoms with Gasteiger partial charge in [0.2, 0.25) is 6.19 Å². The third kappa shape index (κ3) is 2.59. The molecule has 0 saturated heterocycles. The van der Waals surface area contributed by atoms with Gasteiger partial charge in [-0.3, -0.25) is 9.98 Å². The molecule has 30 heavy (non-hydrogen) atoms. The number of hydrogen-bond acceptors (Lipinski definition) is 7. The largest absolute Gasteiger partial charge is 0.338 e. The van der Waals surface area contributed by atoms with E-state index in [-0.39, 0.29) is 0 Å². The van der Waals surface area contributed by atoms with Crippen molar-refractivity contribution in [3.63, 3.8) is 0 Å². The molecule has 8 nitrogen and oxygen atoms in total. The van der Waals surface area contributed by atoms with E-state index in [1.165, 1.54) is 4.68 Å². The third-order valence-corrected chi connectivity index (χ3v) is 5.70. The van der Waals surface area contributed by atoms with E-state index in [1.54, 1.807) is 0 Å². The van der Waals surface area contributed by atoms with Gasteiger partial charge in [-0.05, 0) is 37.1 Å². The molecule has 3 aliphatic rings. The van der Waals surface area contributed by atoms with Crippen LogP contribution in [-0.2, 0) is 6.54 Å². The number of hydrogen-bond donors (Lipinski definition) is 0. The van der Waals surface area contributed by atoms with E-state index in [1.807, 2.05) is 36.5 Å². The van der Waals surface area contributed by atoms with E-state index >= 15 is 0 Å². The van der Waals surface area contributed by atoms with Gasteiger partial charge in [0.15, 0.2) is 0 Å².